The second-order valence-corrected chi connectivity index (χ2v) is 11.7. The van der Waals surface area contributed by atoms with Crippen molar-refractivity contribution in [3.8, 4) is 11.5 Å². The lowest BCUT2D eigenvalue weighted by molar-refractivity contribution is 0.256. The number of likely N-dealkylation sites (tertiary alicyclic amines) is 1. The molecule has 4 nitrogen and oxygen atoms in total. The van der Waals surface area contributed by atoms with Crippen molar-refractivity contribution in [1.82, 2.24) is 10.2 Å². The SMILES string of the molecule is C.CI.C[C@@H]1CC[C@H](c2ccc(OCc3ccccc3F)cc2)N1.C[C@@H]1CC[C@H](c2ccc(OCc3ccccc3F)cc2)N1C. The number of nitrogens with one attached hydrogen (secondary N) is 1. The normalized spacial score (nSPS) is 20.4. The lowest BCUT2D eigenvalue weighted by Crippen LogP contribution is -2.24. The molecule has 248 valence electrons. The molecule has 2 aliphatic rings. The second-order valence-electron chi connectivity index (χ2n) is 11.7. The first-order valence-corrected chi connectivity index (χ1v) is 17.8. The number of alkyl halides is 1. The lowest BCUT2D eigenvalue weighted by Gasteiger charge is -2.23. The van der Waals surface area contributed by atoms with Gasteiger partial charge in [-0.1, -0.05) is 90.7 Å². The molecular weight excluding hydrogens is 693 g/mol. The monoisotopic (exact) mass is 742 g/mol. The zero-order chi connectivity index (χ0) is 32.2. The topological polar surface area (TPSA) is 33.7 Å². The van der Waals surface area contributed by atoms with E-state index in [1.165, 1.54) is 48.9 Å². The fraction of sp³-hybridized carbons (Fsp3) is 0.385. The molecule has 0 aromatic heterocycles. The van der Waals surface area contributed by atoms with Crippen LogP contribution in [0, 0.1) is 11.6 Å². The van der Waals surface area contributed by atoms with E-state index in [9.17, 15) is 8.78 Å². The van der Waals surface area contributed by atoms with Gasteiger partial charge in [0.2, 0.25) is 0 Å². The zero-order valence-electron chi connectivity index (χ0n) is 26.7. The third kappa shape index (κ3) is 10.5. The first kappa shape index (κ1) is 37.4. The third-order valence-corrected chi connectivity index (χ3v) is 8.67. The van der Waals surface area contributed by atoms with Crippen molar-refractivity contribution < 1.29 is 18.3 Å². The van der Waals surface area contributed by atoms with E-state index in [2.05, 4.69) is 78.0 Å². The molecule has 6 rings (SSSR count). The van der Waals surface area contributed by atoms with Crippen LogP contribution in [0.3, 0.4) is 0 Å². The Morgan fingerprint density at radius 3 is 1.57 bits per heavy atom. The maximum absolute atomic E-state index is 13.6. The molecule has 0 spiro atoms. The molecule has 2 aliphatic heterocycles. The number of hydrogen-bond donors (Lipinski definition) is 1. The van der Waals surface area contributed by atoms with Crippen LogP contribution in [0.4, 0.5) is 8.78 Å². The Morgan fingerprint density at radius 2 is 1.15 bits per heavy atom. The Bertz CT molecular complexity index is 1450. The average molecular weight is 743 g/mol. The van der Waals surface area contributed by atoms with E-state index in [0.29, 0.717) is 35.3 Å². The van der Waals surface area contributed by atoms with E-state index in [1.54, 1.807) is 24.3 Å². The number of halogens is 3. The summed E-state index contributed by atoms with van der Waals surface area (Å²) in [6, 6.07) is 31.9. The molecular formula is C39H49F2IN2O2. The van der Waals surface area contributed by atoms with Gasteiger partial charge in [-0.15, -0.1) is 0 Å². The van der Waals surface area contributed by atoms with Crippen LogP contribution in [0.1, 0.15) is 81.3 Å². The molecule has 4 aromatic carbocycles. The van der Waals surface area contributed by atoms with Crippen molar-refractivity contribution in [3.63, 3.8) is 0 Å². The minimum absolute atomic E-state index is 0. The summed E-state index contributed by atoms with van der Waals surface area (Å²) in [7, 11) is 2.19. The molecule has 2 saturated heterocycles. The number of benzene rings is 4. The van der Waals surface area contributed by atoms with Gasteiger partial charge in [0, 0.05) is 35.3 Å². The Kier molecular flexibility index (Phi) is 15.4. The van der Waals surface area contributed by atoms with E-state index in [-0.39, 0.29) is 32.3 Å². The van der Waals surface area contributed by atoms with Crippen LogP contribution >= 0.6 is 22.6 Å². The molecule has 2 fully saturated rings. The summed E-state index contributed by atoms with van der Waals surface area (Å²) >= 11 is 2.15. The van der Waals surface area contributed by atoms with Gasteiger partial charge in [-0.25, -0.2) is 8.78 Å². The summed E-state index contributed by atoms with van der Waals surface area (Å²) in [4.78, 5) is 4.40. The molecule has 1 N–H and O–H groups in total. The lowest BCUT2D eigenvalue weighted by atomic mass is 10.0. The fourth-order valence-corrected chi connectivity index (χ4v) is 5.84. The van der Waals surface area contributed by atoms with E-state index in [1.807, 2.05) is 41.3 Å². The first-order chi connectivity index (χ1) is 21.9. The summed E-state index contributed by atoms with van der Waals surface area (Å²) in [5, 5.41) is 3.56. The highest BCUT2D eigenvalue weighted by Gasteiger charge is 2.28. The fourth-order valence-electron chi connectivity index (χ4n) is 5.84. The van der Waals surface area contributed by atoms with Gasteiger partial charge in [0.05, 0.1) is 0 Å². The molecule has 46 heavy (non-hydrogen) atoms. The van der Waals surface area contributed by atoms with E-state index in [4.69, 9.17) is 9.47 Å². The van der Waals surface area contributed by atoms with Crippen LogP contribution in [0.25, 0.3) is 0 Å². The number of hydrogen-bond acceptors (Lipinski definition) is 4. The molecule has 0 amide bonds. The van der Waals surface area contributed by atoms with Crippen LogP contribution < -0.4 is 14.8 Å². The van der Waals surface area contributed by atoms with Gasteiger partial charge in [0.15, 0.2) is 0 Å². The maximum atomic E-state index is 13.6. The molecule has 0 radical (unpaired) electrons. The minimum atomic E-state index is -0.224. The zero-order valence-corrected chi connectivity index (χ0v) is 28.8. The summed E-state index contributed by atoms with van der Waals surface area (Å²) < 4.78 is 38.4. The molecule has 0 unspecified atom stereocenters. The van der Waals surface area contributed by atoms with Crippen LogP contribution in [-0.2, 0) is 13.2 Å². The smallest absolute Gasteiger partial charge is 0.129 e. The highest BCUT2D eigenvalue weighted by atomic mass is 127. The Hall–Kier alpha value is -3.01. The van der Waals surface area contributed by atoms with Gasteiger partial charge in [0.1, 0.15) is 36.3 Å². The van der Waals surface area contributed by atoms with E-state index >= 15 is 0 Å². The Morgan fingerprint density at radius 1 is 0.674 bits per heavy atom. The van der Waals surface area contributed by atoms with Crippen molar-refractivity contribution in [3.05, 3.63) is 131 Å². The second kappa shape index (κ2) is 19.0. The quantitative estimate of drug-likeness (QED) is 0.144. The molecule has 7 heteroatoms. The van der Waals surface area contributed by atoms with E-state index in [0.717, 1.165) is 11.5 Å². The average Bonchev–Trinajstić information content (AvgIpc) is 3.66. The number of rotatable bonds is 8. The first-order valence-electron chi connectivity index (χ1n) is 15.7. The van der Waals surface area contributed by atoms with Gasteiger partial charge in [0.25, 0.3) is 0 Å². The highest BCUT2D eigenvalue weighted by molar-refractivity contribution is 14.1. The van der Waals surface area contributed by atoms with Crippen LogP contribution in [-0.4, -0.2) is 29.0 Å². The predicted molar refractivity (Wildman–Crippen MR) is 195 cm³/mol. The molecule has 0 saturated carbocycles. The van der Waals surface area contributed by atoms with Gasteiger partial charge in [-0.05, 0) is 99.0 Å². The van der Waals surface area contributed by atoms with Crippen molar-refractivity contribution in [2.75, 3.05) is 12.0 Å². The van der Waals surface area contributed by atoms with Gasteiger partial charge >= 0.3 is 0 Å². The molecule has 2 heterocycles. The van der Waals surface area contributed by atoms with Gasteiger partial charge in [-0.2, -0.15) is 0 Å². The third-order valence-electron chi connectivity index (χ3n) is 8.67. The Labute approximate surface area is 288 Å². The minimum Gasteiger partial charge on any atom is -0.489 e. The predicted octanol–water partition coefficient (Wildman–Crippen LogP) is 10.5. The molecule has 4 atom stereocenters. The van der Waals surface area contributed by atoms with Crippen LogP contribution in [0.15, 0.2) is 97.1 Å². The molecule has 0 bridgehead atoms. The summed E-state index contributed by atoms with van der Waals surface area (Å²) in [5.74, 6) is 1.10. The van der Waals surface area contributed by atoms with Gasteiger partial charge < -0.3 is 14.8 Å². The van der Waals surface area contributed by atoms with Crippen LogP contribution in [0.2, 0.25) is 0 Å². The van der Waals surface area contributed by atoms with Crippen molar-refractivity contribution in [2.45, 2.75) is 84.3 Å². The van der Waals surface area contributed by atoms with E-state index < -0.39 is 0 Å². The largest absolute Gasteiger partial charge is 0.489 e. The summed E-state index contributed by atoms with van der Waals surface area (Å²) in [6.45, 7) is 4.99. The summed E-state index contributed by atoms with van der Waals surface area (Å²) in [5.41, 5.74) is 3.77. The Balaban J connectivity index is 0.000000233. The summed E-state index contributed by atoms with van der Waals surface area (Å²) in [6.07, 6.45) is 4.84. The van der Waals surface area contributed by atoms with Crippen molar-refractivity contribution >= 4 is 22.6 Å². The van der Waals surface area contributed by atoms with Gasteiger partial charge in [-0.3, -0.25) is 4.90 Å². The number of ether oxygens (including phenoxy) is 2. The molecule has 4 aromatic rings. The van der Waals surface area contributed by atoms with Crippen molar-refractivity contribution in [2.24, 2.45) is 0 Å². The maximum Gasteiger partial charge on any atom is 0.129 e. The highest BCUT2D eigenvalue weighted by Crippen LogP contribution is 2.35. The van der Waals surface area contributed by atoms with Crippen LogP contribution in [0.5, 0.6) is 11.5 Å². The molecule has 0 aliphatic carbocycles. The standard InChI is InChI=1S/C19H22FNO.C18H20FNO.CH3I.CH4/c1-14-7-12-19(21(14)2)15-8-10-17(11-9-15)22-13-16-5-3-4-6-18(16)20;1-13-6-11-18(20-13)14-7-9-16(10-8-14)21-12-15-4-2-3-5-17(15)19;1-2;/h3-6,8-11,14,19H,7,12-13H2,1-2H3;2-5,7-10,13,18,20H,6,11-12H2,1H3;1H3;1H4/t14-,19-;13-,18-;;/m11../s1. The number of nitrogens with zero attached hydrogens (tertiary/aromatic N) is 1. The van der Waals surface area contributed by atoms with Crippen molar-refractivity contribution in [1.29, 1.82) is 0 Å².